The Kier molecular flexibility index (Phi) is 4.38. The summed E-state index contributed by atoms with van der Waals surface area (Å²) in [5, 5.41) is 0. The molecule has 0 saturated carbocycles. The SMILES string of the molecule is COC(OC)C12c3ccccc3C(c3ccccc31)[C@@H]1C(=O)N(c3ccc(C)cc3)C(=O)[C@H]12. The summed E-state index contributed by atoms with van der Waals surface area (Å²) in [6.07, 6.45) is -0.733. The lowest BCUT2D eigenvalue weighted by Crippen LogP contribution is -2.60. The molecule has 5 nitrogen and oxygen atoms in total. The van der Waals surface area contributed by atoms with E-state index < -0.39 is 23.5 Å². The van der Waals surface area contributed by atoms with Crippen LogP contribution in [0.5, 0.6) is 0 Å². The maximum Gasteiger partial charge on any atom is 0.239 e. The molecule has 4 aliphatic rings. The minimum atomic E-state index is -0.928. The third kappa shape index (κ3) is 2.39. The quantitative estimate of drug-likeness (QED) is 0.452. The first-order chi connectivity index (χ1) is 16.1. The molecule has 0 N–H and O–H groups in total. The van der Waals surface area contributed by atoms with Crippen LogP contribution in [0.15, 0.2) is 72.8 Å². The molecular weight excluding hydrogens is 414 g/mol. The molecule has 2 amide bonds. The lowest BCUT2D eigenvalue weighted by Gasteiger charge is -2.56. The van der Waals surface area contributed by atoms with Gasteiger partial charge in [-0.15, -0.1) is 0 Å². The fourth-order valence-electron chi connectivity index (χ4n) is 6.65. The molecule has 1 fully saturated rings. The lowest BCUT2D eigenvalue weighted by molar-refractivity contribution is -0.168. The third-order valence-electron chi connectivity index (χ3n) is 7.78. The molecule has 3 aromatic rings. The second kappa shape index (κ2) is 7.11. The van der Waals surface area contributed by atoms with Crippen molar-refractivity contribution in [3.05, 3.63) is 101 Å². The maximum atomic E-state index is 14.2. The van der Waals surface area contributed by atoms with Crippen LogP contribution < -0.4 is 4.90 Å². The molecule has 1 aliphatic heterocycles. The normalized spacial score (nSPS) is 27.0. The number of hydrogen-bond donors (Lipinski definition) is 0. The Morgan fingerprint density at radius 2 is 1.33 bits per heavy atom. The van der Waals surface area contributed by atoms with Gasteiger partial charge >= 0.3 is 0 Å². The van der Waals surface area contributed by atoms with E-state index in [4.69, 9.17) is 9.47 Å². The summed E-state index contributed by atoms with van der Waals surface area (Å²) in [5.74, 6) is -1.67. The number of anilines is 1. The van der Waals surface area contributed by atoms with Crippen molar-refractivity contribution in [1.82, 2.24) is 0 Å². The topological polar surface area (TPSA) is 55.8 Å². The maximum absolute atomic E-state index is 14.2. The number of nitrogens with zero attached hydrogens (tertiary/aromatic N) is 1. The summed E-state index contributed by atoms with van der Waals surface area (Å²) in [6.45, 7) is 1.99. The van der Waals surface area contributed by atoms with Crippen molar-refractivity contribution in [1.29, 1.82) is 0 Å². The number of carbonyl (C=O) groups excluding carboxylic acids is 2. The summed E-state index contributed by atoms with van der Waals surface area (Å²) in [7, 11) is 3.20. The Hall–Kier alpha value is -3.28. The molecule has 2 bridgehead atoms. The summed E-state index contributed by atoms with van der Waals surface area (Å²) in [4.78, 5) is 29.6. The summed E-state index contributed by atoms with van der Waals surface area (Å²) >= 11 is 0. The highest BCUT2D eigenvalue weighted by Gasteiger charge is 2.71. The fourth-order valence-corrected chi connectivity index (χ4v) is 6.65. The number of ether oxygens (including phenoxy) is 2. The Balaban J connectivity index is 1.67. The summed E-state index contributed by atoms with van der Waals surface area (Å²) in [5.41, 5.74) is 4.92. The minimum Gasteiger partial charge on any atom is -0.355 e. The molecule has 3 aromatic carbocycles. The van der Waals surface area contributed by atoms with E-state index in [0.717, 1.165) is 27.8 Å². The highest BCUT2D eigenvalue weighted by Crippen LogP contribution is 2.65. The zero-order chi connectivity index (χ0) is 22.9. The van der Waals surface area contributed by atoms with Gasteiger partial charge in [-0.2, -0.15) is 0 Å². The number of aryl methyl sites for hydroxylation is 1. The molecule has 0 aromatic heterocycles. The lowest BCUT2D eigenvalue weighted by atomic mass is 9.47. The van der Waals surface area contributed by atoms with E-state index >= 15 is 0 Å². The fraction of sp³-hybridized carbons (Fsp3) is 0.286. The van der Waals surface area contributed by atoms with E-state index in [1.165, 1.54) is 4.90 Å². The average molecular weight is 440 g/mol. The van der Waals surface area contributed by atoms with Crippen molar-refractivity contribution in [2.75, 3.05) is 19.1 Å². The average Bonchev–Trinajstić information content (AvgIpc) is 3.12. The zero-order valence-corrected chi connectivity index (χ0v) is 18.8. The monoisotopic (exact) mass is 439 g/mol. The van der Waals surface area contributed by atoms with Crippen LogP contribution in [-0.4, -0.2) is 32.3 Å². The van der Waals surface area contributed by atoms with Crippen LogP contribution in [0.25, 0.3) is 0 Å². The molecule has 0 unspecified atom stereocenters. The van der Waals surface area contributed by atoms with Gasteiger partial charge in [0.25, 0.3) is 0 Å². The minimum absolute atomic E-state index is 0.154. The van der Waals surface area contributed by atoms with Gasteiger partial charge in [-0.25, -0.2) is 4.90 Å². The summed E-state index contributed by atoms with van der Waals surface area (Å²) < 4.78 is 11.8. The van der Waals surface area contributed by atoms with Gasteiger partial charge in [-0.1, -0.05) is 66.2 Å². The van der Waals surface area contributed by atoms with Crippen LogP contribution in [0.4, 0.5) is 5.69 Å². The molecule has 0 spiro atoms. The van der Waals surface area contributed by atoms with Crippen LogP contribution in [-0.2, 0) is 24.5 Å². The Morgan fingerprint density at radius 1 is 0.788 bits per heavy atom. The van der Waals surface area contributed by atoms with Gasteiger partial charge in [-0.3, -0.25) is 9.59 Å². The van der Waals surface area contributed by atoms with E-state index in [1.807, 2.05) is 55.5 Å². The molecular formula is C28H25NO4. The molecule has 166 valence electrons. The molecule has 2 atom stereocenters. The highest BCUT2D eigenvalue weighted by molar-refractivity contribution is 6.23. The van der Waals surface area contributed by atoms with E-state index in [2.05, 4.69) is 24.3 Å². The zero-order valence-electron chi connectivity index (χ0n) is 18.8. The molecule has 1 saturated heterocycles. The number of imide groups is 1. The van der Waals surface area contributed by atoms with Gasteiger partial charge in [0.2, 0.25) is 11.8 Å². The Morgan fingerprint density at radius 3 is 1.88 bits per heavy atom. The van der Waals surface area contributed by atoms with Gasteiger partial charge in [0.05, 0.1) is 22.9 Å². The standard InChI is InChI=1S/C28H25NO4/c1-16-12-14-17(15-13-16)29-25(30)23-22-18-8-4-6-10-20(18)28(24(23)26(29)31,27(32-2)33-3)21-11-7-5-9-19(21)22/h4-15,22-24,27H,1-3H3/t22?,23-,24-,28?/m0/s1. The van der Waals surface area contributed by atoms with Gasteiger partial charge < -0.3 is 9.47 Å². The van der Waals surface area contributed by atoms with Gasteiger partial charge in [-0.05, 0) is 41.3 Å². The Labute approximate surface area is 192 Å². The third-order valence-corrected chi connectivity index (χ3v) is 7.78. The molecule has 3 aliphatic carbocycles. The number of rotatable bonds is 4. The van der Waals surface area contributed by atoms with Crippen LogP contribution in [0.3, 0.4) is 0 Å². The molecule has 0 radical (unpaired) electrons. The van der Waals surface area contributed by atoms with Crippen LogP contribution in [0, 0.1) is 18.8 Å². The summed E-state index contributed by atoms with van der Waals surface area (Å²) in [6, 6.07) is 23.8. The predicted molar refractivity (Wildman–Crippen MR) is 124 cm³/mol. The highest BCUT2D eigenvalue weighted by atomic mass is 16.7. The van der Waals surface area contributed by atoms with Crippen LogP contribution in [0.2, 0.25) is 0 Å². The van der Waals surface area contributed by atoms with Crippen molar-refractivity contribution in [3.8, 4) is 0 Å². The van der Waals surface area contributed by atoms with E-state index in [-0.39, 0.29) is 17.7 Å². The number of carbonyl (C=O) groups is 2. The first kappa shape index (κ1) is 20.3. The largest absolute Gasteiger partial charge is 0.355 e. The molecule has 33 heavy (non-hydrogen) atoms. The van der Waals surface area contributed by atoms with Crippen molar-refractivity contribution in [3.63, 3.8) is 0 Å². The molecule has 1 heterocycles. The predicted octanol–water partition coefficient (Wildman–Crippen LogP) is 4.16. The number of amides is 2. The second-order valence-electron chi connectivity index (χ2n) is 9.18. The van der Waals surface area contributed by atoms with Crippen molar-refractivity contribution < 1.29 is 19.1 Å². The van der Waals surface area contributed by atoms with Crippen molar-refractivity contribution >= 4 is 17.5 Å². The molecule has 7 rings (SSSR count). The van der Waals surface area contributed by atoms with Gasteiger partial charge in [0.1, 0.15) is 0 Å². The second-order valence-corrected chi connectivity index (χ2v) is 9.18. The Bertz CT molecular complexity index is 1230. The van der Waals surface area contributed by atoms with Crippen molar-refractivity contribution in [2.24, 2.45) is 11.8 Å². The molecule has 5 heteroatoms. The smallest absolute Gasteiger partial charge is 0.239 e. The van der Waals surface area contributed by atoms with E-state index in [1.54, 1.807) is 14.2 Å². The van der Waals surface area contributed by atoms with E-state index in [0.29, 0.717) is 5.69 Å². The van der Waals surface area contributed by atoms with E-state index in [9.17, 15) is 9.59 Å². The first-order valence-corrected chi connectivity index (χ1v) is 11.2. The number of hydrogen-bond acceptors (Lipinski definition) is 4. The van der Waals surface area contributed by atoms with Crippen molar-refractivity contribution in [2.45, 2.75) is 24.5 Å². The van der Waals surface area contributed by atoms with Gasteiger partial charge in [0, 0.05) is 20.1 Å². The number of benzene rings is 3. The van der Waals surface area contributed by atoms with Crippen LogP contribution in [0.1, 0.15) is 33.7 Å². The number of methoxy groups -OCH3 is 2. The van der Waals surface area contributed by atoms with Crippen LogP contribution >= 0.6 is 0 Å². The first-order valence-electron chi connectivity index (χ1n) is 11.2. The van der Waals surface area contributed by atoms with Gasteiger partial charge in [0.15, 0.2) is 6.29 Å².